The Balaban J connectivity index is 1.50. The van der Waals surface area contributed by atoms with Crippen LogP contribution in [0.5, 0.6) is 17.2 Å². The number of aromatic nitrogens is 2. The fourth-order valence-electron chi connectivity index (χ4n) is 3.69. The SMILES string of the molecule is COc1ccc2c(Oc3ccc(NC(=O)/C(C(=O)Nc4ccccc4)=C(\C)NC[Si](C)C)nc3)ccnc2c1. The Hall–Kier alpha value is -4.70. The number of pyridine rings is 2. The number of benzene rings is 2. The second-order valence-electron chi connectivity index (χ2n) is 9.01. The number of methoxy groups -OCH3 is 1. The number of carbonyl (C=O) groups excluding carboxylic acids is 2. The van der Waals surface area contributed by atoms with Gasteiger partial charge >= 0.3 is 0 Å². The second kappa shape index (κ2) is 12.7. The lowest BCUT2D eigenvalue weighted by atomic mass is 10.1. The Morgan fingerprint density at radius 3 is 2.33 bits per heavy atom. The summed E-state index contributed by atoms with van der Waals surface area (Å²) in [6, 6.07) is 19.6. The van der Waals surface area contributed by atoms with Gasteiger partial charge in [-0.05, 0) is 49.4 Å². The number of allylic oxidation sites excluding steroid dienone is 1. The van der Waals surface area contributed by atoms with Crippen molar-refractivity contribution >= 4 is 43.0 Å². The third-order valence-electron chi connectivity index (χ3n) is 5.68. The highest BCUT2D eigenvalue weighted by Crippen LogP contribution is 2.30. The van der Waals surface area contributed by atoms with Crippen LogP contribution >= 0.6 is 0 Å². The number of amides is 2. The van der Waals surface area contributed by atoms with Crippen molar-refractivity contribution in [1.82, 2.24) is 15.3 Å². The van der Waals surface area contributed by atoms with E-state index in [2.05, 4.69) is 39.0 Å². The summed E-state index contributed by atoms with van der Waals surface area (Å²) in [6.45, 7) is 6.02. The van der Waals surface area contributed by atoms with Gasteiger partial charge in [-0.3, -0.25) is 14.6 Å². The molecular weight excluding hydrogens is 510 g/mol. The molecule has 2 amide bonds. The number of para-hydroxylation sites is 1. The minimum atomic E-state index is -0.623. The third kappa shape index (κ3) is 7.20. The summed E-state index contributed by atoms with van der Waals surface area (Å²) in [5.74, 6) is 1.00. The quantitative estimate of drug-likeness (QED) is 0.110. The molecule has 39 heavy (non-hydrogen) atoms. The van der Waals surface area contributed by atoms with Gasteiger partial charge in [0, 0.05) is 35.2 Å². The van der Waals surface area contributed by atoms with Crippen molar-refractivity contribution < 1.29 is 19.1 Å². The molecule has 0 spiro atoms. The van der Waals surface area contributed by atoms with Crippen molar-refractivity contribution in [2.75, 3.05) is 23.9 Å². The molecular formula is C29H30N5O4Si. The van der Waals surface area contributed by atoms with Gasteiger partial charge in [0.1, 0.15) is 28.6 Å². The smallest absolute Gasteiger partial charge is 0.264 e. The standard InChI is InChI=1S/C29H30N5O4Si/c1-19(32-18-39(3)4)27(28(35)33-20-8-6-5-7-9-20)29(36)34-26-13-11-22(17-31-26)38-25-14-15-30-24-16-21(37-2)10-12-23(24)25/h5-17,32H,18H2,1-4H3,(H,33,35)(H,31,34,36)/b27-19+. The van der Waals surface area contributed by atoms with Crippen LogP contribution in [0.1, 0.15) is 6.92 Å². The van der Waals surface area contributed by atoms with E-state index in [4.69, 9.17) is 9.47 Å². The summed E-state index contributed by atoms with van der Waals surface area (Å²) in [7, 11) is 0.981. The molecule has 4 aromatic rings. The Kier molecular flexibility index (Phi) is 8.90. The molecule has 10 heteroatoms. The molecule has 0 saturated heterocycles. The molecule has 0 aliphatic carbocycles. The van der Waals surface area contributed by atoms with Gasteiger partial charge in [0.25, 0.3) is 11.8 Å². The zero-order chi connectivity index (χ0) is 27.8. The van der Waals surface area contributed by atoms with E-state index in [1.807, 2.05) is 36.4 Å². The number of nitrogens with zero attached hydrogens (tertiary/aromatic N) is 2. The van der Waals surface area contributed by atoms with E-state index >= 15 is 0 Å². The first kappa shape index (κ1) is 27.3. The molecule has 9 nitrogen and oxygen atoms in total. The second-order valence-corrected chi connectivity index (χ2v) is 11.8. The molecule has 0 saturated carbocycles. The number of rotatable bonds is 10. The van der Waals surface area contributed by atoms with Crippen molar-refractivity contribution in [1.29, 1.82) is 0 Å². The summed E-state index contributed by atoms with van der Waals surface area (Å²) in [5, 5.41) is 9.57. The van der Waals surface area contributed by atoms with Crippen molar-refractivity contribution in [3.8, 4) is 17.2 Å². The largest absolute Gasteiger partial charge is 0.497 e. The van der Waals surface area contributed by atoms with Gasteiger partial charge < -0.3 is 25.4 Å². The molecule has 2 aromatic carbocycles. The summed E-state index contributed by atoms with van der Waals surface area (Å²) in [6.07, 6.45) is 3.88. The Morgan fingerprint density at radius 2 is 1.64 bits per heavy atom. The van der Waals surface area contributed by atoms with Crippen LogP contribution in [0, 0.1) is 0 Å². The maximum Gasteiger partial charge on any atom is 0.264 e. The van der Waals surface area contributed by atoms with E-state index in [9.17, 15) is 9.59 Å². The number of anilines is 2. The van der Waals surface area contributed by atoms with E-state index < -0.39 is 20.6 Å². The van der Waals surface area contributed by atoms with Gasteiger partial charge in [-0.2, -0.15) is 0 Å². The minimum Gasteiger partial charge on any atom is -0.497 e. The van der Waals surface area contributed by atoms with E-state index in [-0.39, 0.29) is 11.4 Å². The minimum absolute atomic E-state index is 0.0112. The predicted molar refractivity (Wildman–Crippen MR) is 154 cm³/mol. The summed E-state index contributed by atoms with van der Waals surface area (Å²) < 4.78 is 11.3. The molecule has 3 N–H and O–H groups in total. The predicted octanol–water partition coefficient (Wildman–Crippen LogP) is 5.17. The molecule has 4 rings (SSSR count). The van der Waals surface area contributed by atoms with Gasteiger partial charge in [0.15, 0.2) is 0 Å². The van der Waals surface area contributed by atoms with Crippen molar-refractivity contribution in [3.63, 3.8) is 0 Å². The Morgan fingerprint density at radius 1 is 0.897 bits per heavy atom. The highest BCUT2D eigenvalue weighted by Gasteiger charge is 2.23. The fraction of sp³-hybridized carbons (Fsp3) is 0.172. The normalized spacial score (nSPS) is 11.5. The van der Waals surface area contributed by atoms with Crippen LogP contribution in [0.4, 0.5) is 11.5 Å². The monoisotopic (exact) mass is 540 g/mol. The Bertz CT molecular complexity index is 1490. The van der Waals surface area contributed by atoms with Crippen LogP contribution in [-0.2, 0) is 9.59 Å². The molecule has 2 aromatic heterocycles. The summed E-state index contributed by atoms with van der Waals surface area (Å²) >= 11 is 0. The first-order valence-electron chi connectivity index (χ1n) is 12.3. The molecule has 1 radical (unpaired) electrons. The van der Waals surface area contributed by atoms with E-state index in [0.717, 1.165) is 10.9 Å². The van der Waals surface area contributed by atoms with Gasteiger partial charge in [-0.1, -0.05) is 31.3 Å². The zero-order valence-corrected chi connectivity index (χ0v) is 23.2. The highest BCUT2D eigenvalue weighted by molar-refractivity contribution is 6.55. The highest BCUT2D eigenvalue weighted by atomic mass is 28.3. The first-order chi connectivity index (χ1) is 18.8. The number of hydrogen-bond acceptors (Lipinski definition) is 7. The number of nitrogens with one attached hydrogen (secondary N) is 3. The van der Waals surface area contributed by atoms with Crippen molar-refractivity contribution in [2.24, 2.45) is 0 Å². The van der Waals surface area contributed by atoms with E-state index in [1.54, 1.807) is 50.6 Å². The lowest BCUT2D eigenvalue weighted by Gasteiger charge is -2.15. The number of carbonyl (C=O) groups is 2. The summed E-state index contributed by atoms with van der Waals surface area (Å²) in [4.78, 5) is 35.1. The fourth-order valence-corrected chi connectivity index (χ4v) is 4.31. The molecule has 0 aliphatic rings. The third-order valence-corrected chi connectivity index (χ3v) is 6.57. The van der Waals surface area contributed by atoms with Crippen LogP contribution in [0.2, 0.25) is 13.1 Å². The van der Waals surface area contributed by atoms with Crippen LogP contribution in [-0.4, -0.2) is 43.9 Å². The first-order valence-corrected chi connectivity index (χ1v) is 15.0. The topological polar surface area (TPSA) is 114 Å². The average molecular weight is 541 g/mol. The maximum absolute atomic E-state index is 13.3. The number of hydrogen-bond donors (Lipinski definition) is 3. The molecule has 0 atom stereocenters. The van der Waals surface area contributed by atoms with Crippen LogP contribution in [0.25, 0.3) is 10.9 Å². The van der Waals surface area contributed by atoms with Crippen LogP contribution < -0.4 is 25.4 Å². The molecule has 199 valence electrons. The zero-order valence-electron chi connectivity index (χ0n) is 22.2. The number of fused-ring (bicyclic) bond motifs is 1. The number of ether oxygens (including phenoxy) is 2. The van der Waals surface area contributed by atoms with Gasteiger partial charge in [-0.15, -0.1) is 0 Å². The Labute approximate surface area is 228 Å². The lowest BCUT2D eigenvalue weighted by molar-refractivity contribution is -0.118. The molecule has 0 fully saturated rings. The molecule has 0 bridgehead atoms. The van der Waals surface area contributed by atoms with Gasteiger partial charge in [0.2, 0.25) is 0 Å². The lowest BCUT2D eigenvalue weighted by Crippen LogP contribution is -2.32. The van der Waals surface area contributed by atoms with Crippen LogP contribution in [0.15, 0.2) is 90.4 Å². The van der Waals surface area contributed by atoms with Crippen molar-refractivity contribution in [2.45, 2.75) is 20.0 Å². The maximum atomic E-state index is 13.3. The van der Waals surface area contributed by atoms with Gasteiger partial charge in [0.05, 0.1) is 27.6 Å². The molecule has 0 aliphatic heterocycles. The summed E-state index contributed by atoms with van der Waals surface area (Å²) in [5.41, 5.74) is 1.81. The molecule has 2 heterocycles. The molecule has 0 unspecified atom stereocenters. The average Bonchev–Trinajstić information content (AvgIpc) is 2.93. The van der Waals surface area contributed by atoms with Crippen LogP contribution in [0.3, 0.4) is 0 Å². The van der Waals surface area contributed by atoms with E-state index in [0.29, 0.717) is 34.8 Å². The van der Waals surface area contributed by atoms with Gasteiger partial charge in [-0.25, -0.2) is 4.98 Å². The van der Waals surface area contributed by atoms with E-state index in [1.165, 1.54) is 6.20 Å². The van der Waals surface area contributed by atoms with Crippen molar-refractivity contribution in [3.05, 3.63) is 90.4 Å².